The molecule has 0 unspecified atom stereocenters. The first kappa shape index (κ1) is 17.1. The molecule has 0 saturated carbocycles. The van der Waals surface area contributed by atoms with Crippen LogP contribution in [-0.2, 0) is 18.4 Å². The summed E-state index contributed by atoms with van der Waals surface area (Å²) in [6.07, 6.45) is 6.39. The maximum absolute atomic E-state index is 12.1. The molecule has 0 aromatic heterocycles. The van der Waals surface area contributed by atoms with Crippen molar-refractivity contribution in [3.05, 3.63) is 24.3 Å². The molecule has 0 aromatic carbocycles. The monoisotopic (exact) mass is 312 g/mol. The van der Waals surface area contributed by atoms with E-state index in [1.54, 1.807) is 12.2 Å². The van der Waals surface area contributed by atoms with Gasteiger partial charge in [-0.2, -0.15) is 0 Å². The number of hydrogen-bond acceptors (Lipinski definition) is 4. The van der Waals surface area contributed by atoms with E-state index in [1.165, 1.54) is 12.2 Å². The Labute approximate surface area is 123 Å². The molecule has 0 heterocycles. The highest BCUT2D eigenvalue weighted by molar-refractivity contribution is 6.71. The Morgan fingerprint density at radius 2 is 1.55 bits per heavy atom. The molecule has 4 nitrogen and oxygen atoms in total. The minimum Gasteiger partial charge on any atom is -0.520 e. The molecular weight excluding hydrogens is 288 g/mol. The van der Waals surface area contributed by atoms with Gasteiger partial charge in [-0.25, -0.2) is 0 Å². The van der Waals surface area contributed by atoms with Crippen LogP contribution in [0.4, 0.5) is 0 Å². The smallest absolute Gasteiger partial charge is 0.296 e. The summed E-state index contributed by atoms with van der Waals surface area (Å²) in [5, 5.41) is 0. The SMILES string of the molecule is C[Si](C)(C)OC(=O)CC1(O[Si](C)(C)C)C=CC(=O)C=C1. The first-order chi connectivity index (χ1) is 8.91. The minimum atomic E-state index is -1.92. The fourth-order valence-corrected chi connectivity index (χ4v) is 4.06. The highest BCUT2D eigenvalue weighted by atomic mass is 28.4. The van der Waals surface area contributed by atoms with Gasteiger partial charge in [0.05, 0.1) is 6.42 Å². The van der Waals surface area contributed by atoms with Gasteiger partial charge >= 0.3 is 0 Å². The Kier molecular flexibility index (Phi) is 4.94. The van der Waals surface area contributed by atoms with Gasteiger partial charge in [-0.3, -0.25) is 9.59 Å². The average molecular weight is 313 g/mol. The summed E-state index contributed by atoms with van der Waals surface area (Å²) in [6, 6.07) is 0. The summed E-state index contributed by atoms with van der Waals surface area (Å²) >= 11 is 0. The Morgan fingerprint density at radius 1 is 1.05 bits per heavy atom. The molecule has 0 aliphatic heterocycles. The maximum Gasteiger partial charge on any atom is 0.296 e. The van der Waals surface area contributed by atoms with Gasteiger partial charge in [-0.15, -0.1) is 0 Å². The van der Waals surface area contributed by atoms with Crippen molar-refractivity contribution in [1.82, 2.24) is 0 Å². The molecule has 0 aromatic rings. The van der Waals surface area contributed by atoms with Crippen LogP contribution in [0, 0.1) is 0 Å². The van der Waals surface area contributed by atoms with E-state index in [4.69, 9.17) is 8.85 Å². The molecule has 1 aliphatic carbocycles. The van der Waals surface area contributed by atoms with E-state index in [0.29, 0.717) is 0 Å². The molecular formula is C14H24O4Si2. The van der Waals surface area contributed by atoms with Crippen LogP contribution in [0.3, 0.4) is 0 Å². The second-order valence-electron chi connectivity index (χ2n) is 7.00. The molecule has 0 atom stereocenters. The second-order valence-corrected chi connectivity index (χ2v) is 15.9. The molecule has 0 radical (unpaired) electrons. The molecule has 0 saturated heterocycles. The number of allylic oxidation sites excluding steroid dienone is 2. The number of ketones is 1. The third-order valence-electron chi connectivity index (χ3n) is 2.40. The van der Waals surface area contributed by atoms with E-state index >= 15 is 0 Å². The van der Waals surface area contributed by atoms with Gasteiger partial charge in [-0.1, -0.05) is 0 Å². The topological polar surface area (TPSA) is 52.6 Å². The van der Waals surface area contributed by atoms with Gasteiger partial charge in [0, 0.05) is 0 Å². The van der Waals surface area contributed by atoms with Crippen LogP contribution in [0.1, 0.15) is 6.42 Å². The zero-order valence-corrected chi connectivity index (χ0v) is 15.1. The summed E-state index contributed by atoms with van der Waals surface area (Å²) in [5.41, 5.74) is -0.838. The normalized spacial score (nSPS) is 18.2. The van der Waals surface area contributed by atoms with Gasteiger partial charge in [0.2, 0.25) is 8.32 Å². The Bertz CT molecular complexity index is 437. The first-order valence-corrected chi connectivity index (χ1v) is 13.6. The number of carbonyl (C=O) groups is 2. The molecule has 0 amide bonds. The van der Waals surface area contributed by atoms with Crippen molar-refractivity contribution in [2.24, 2.45) is 0 Å². The van der Waals surface area contributed by atoms with Gasteiger partial charge in [0.15, 0.2) is 14.1 Å². The third-order valence-corrected chi connectivity index (χ3v) is 4.23. The van der Waals surface area contributed by atoms with Gasteiger partial charge in [0.25, 0.3) is 5.97 Å². The van der Waals surface area contributed by atoms with E-state index in [0.717, 1.165) is 0 Å². The first-order valence-electron chi connectivity index (χ1n) is 6.75. The van der Waals surface area contributed by atoms with Crippen LogP contribution < -0.4 is 0 Å². The van der Waals surface area contributed by atoms with E-state index in [1.807, 2.05) is 19.6 Å². The second kappa shape index (κ2) is 5.79. The van der Waals surface area contributed by atoms with E-state index < -0.39 is 22.2 Å². The summed E-state index contributed by atoms with van der Waals surface area (Å²) in [5.74, 6) is -0.357. The molecule has 6 heteroatoms. The van der Waals surface area contributed by atoms with Crippen LogP contribution in [0.15, 0.2) is 24.3 Å². The van der Waals surface area contributed by atoms with Crippen molar-refractivity contribution in [3.8, 4) is 0 Å². The predicted molar refractivity (Wildman–Crippen MR) is 84.5 cm³/mol. The molecule has 0 N–H and O–H groups in total. The lowest BCUT2D eigenvalue weighted by Crippen LogP contribution is -2.44. The molecule has 112 valence electrons. The lowest BCUT2D eigenvalue weighted by Gasteiger charge is -2.35. The summed E-state index contributed by atoms with van der Waals surface area (Å²) < 4.78 is 11.6. The third kappa shape index (κ3) is 5.98. The zero-order valence-electron chi connectivity index (χ0n) is 13.1. The molecule has 20 heavy (non-hydrogen) atoms. The molecule has 0 fully saturated rings. The summed E-state index contributed by atoms with van der Waals surface area (Å²) in [6.45, 7) is 12.1. The average Bonchev–Trinajstić information content (AvgIpc) is 2.17. The van der Waals surface area contributed by atoms with Crippen LogP contribution in [0.25, 0.3) is 0 Å². The highest BCUT2D eigenvalue weighted by Gasteiger charge is 2.37. The largest absolute Gasteiger partial charge is 0.520 e. The van der Waals surface area contributed by atoms with Crippen molar-refractivity contribution in [3.63, 3.8) is 0 Å². The Balaban J connectivity index is 2.91. The maximum atomic E-state index is 12.1. The van der Waals surface area contributed by atoms with Crippen molar-refractivity contribution >= 4 is 28.4 Å². The van der Waals surface area contributed by atoms with Crippen LogP contribution in [-0.4, -0.2) is 34.0 Å². The molecule has 1 rings (SSSR count). The molecule has 0 bridgehead atoms. The predicted octanol–water partition coefficient (Wildman–Crippen LogP) is 3.04. The van der Waals surface area contributed by atoms with Crippen molar-refractivity contribution in [2.75, 3.05) is 0 Å². The van der Waals surface area contributed by atoms with Crippen LogP contribution >= 0.6 is 0 Å². The number of carbonyl (C=O) groups excluding carboxylic acids is 2. The van der Waals surface area contributed by atoms with Crippen LogP contribution in [0.5, 0.6) is 0 Å². The standard InChI is InChI=1S/C14H24O4Si2/c1-19(2,3)17-13(16)11-14(18-20(4,5)6)9-7-12(15)8-10-14/h7-10H,11H2,1-6H3. The van der Waals surface area contributed by atoms with E-state index in [2.05, 4.69) is 19.6 Å². The highest BCUT2D eigenvalue weighted by Crippen LogP contribution is 2.28. The number of rotatable bonds is 5. The Morgan fingerprint density at radius 3 is 1.95 bits per heavy atom. The van der Waals surface area contributed by atoms with Gasteiger partial charge in [0.1, 0.15) is 5.60 Å². The lowest BCUT2D eigenvalue weighted by atomic mass is 9.94. The fraction of sp³-hybridized carbons (Fsp3) is 0.571. The fourth-order valence-electron chi connectivity index (χ4n) is 1.95. The lowest BCUT2D eigenvalue weighted by molar-refractivity contribution is -0.137. The van der Waals surface area contributed by atoms with Gasteiger partial charge < -0.3 is 8.85 Å². The van der Waals surface area contributed by atoms with E-state index in [-0.39, 0.29) is 18.2 Å². The van der Waals surface area contributed by atoms with Crippen molar-refractivity contribution in [2.45, 2.75) is 51.3 Å². The molecule has 0 spiro atoms. The summed E-state index contributed by atoms with van der Waals surface area (Å²) in [7, 11) is -3.79. The van der Waals surface area contributed by atoms with Gasteiger partial charge in [-0.05, 0) is 63.6 Å². The minimum absolute atomic E-state index is 0.0848. The van der Waals surface area contributed by atoms with Crippen molar-refractivity contribution in [1.29, 1.82) is 0 Å². The molecule has 1 aliphatic rings. The van der Waals surface area contributed by atoms with E-state index in [9.17, 15) is 9.59 Å². The zero-order chi connectivity index (χ0) is 15.6. The van der Waals surface area contributed by atoms with Crippen molar-refractivity contribution < 1.29 is 18.4 Å². The summed E-state index contributed by atoms with van der Waals surface area (Å²) in [4.78, 5) is 23.4. The number of hydrogen-bond donors (Lipinski definition) is 0. The quantitative estimate of drug-likeness (QED) is 0.732. The van der Waals surface area contributed by atoms with Crippen LogP contribution in [0.2, 0.25) is 39.3 Å². The Hall–Kier alpha value is -0.986.